The molecular formula is C31H21N. The van der Waals surface area contributed by atoms with Gasteiger partial charge >= 0.3 is 0 Å². The zero-order chi connectivity index (χ0) is 21.3. The van der Waals surface area contributed by atoms with Crippen LogP contribution in [0.5, 0.6) is 0 Å². The summed E-state index contributed by atoms with van der Waals surface area (Å²) in [6, 6.07) is 41.2. The number of rotatable bonds is 3. The van der Waals surface area contributed by atoms with Crippen molar-refractivity contribution in [2.24, 2.45) is 0 Å². The molecule has 0 bridgehead atoms. The van der Waals surface area contributed by atoms with Gasteiger partial charge in [0.2, 0.25) is 0 Å². The first kappa shape index (κ1) is 18.5. The van der Waals surface area contributed by atoms with Crippen molar-refractivity contribution >= 4 is 21.5 Å². The van der Waals surface area contributed by atoms with Gasteiger partial charge in [-0.1, -0.05) is 97.1 Å². The maximum atomic E-state index is 4.19. The van der Waals surface area contributed by atoms with Gasteiger partial charge in [0, 0.05) is 12.4 Å². The molecule has 0 atom stereocenters. The van der Waals surface area contributed by atoms with Crippen molar-refractivity contribution in [2.75, 3.05) is 0 Å². The molecular weight excluding hydrogens is 386 g/mol. The van der Waals surface area contributed by atoms with Crippen molar-refractivity contribution in [3.05, 3.63) is 128 Å². The van der Waals surface area contributed by atoms with E-state index < -0.39 is 0 Å². The lowest BCUT2D eigenvalue weighted by atomic mass is 9.85. The number of aromatic nitrogens is 1. The topological polar surface area (TPSA) is 12.9 Å². The van der Waals surface area contributed by atoms with Crippen LogP contribution in [0, 0.1) is 0 Å². The Hall–Kier alpha value is -4.23. The predicted octanol–water partition coefficient (Wildman–Crippen LogP) is 8.39. The van der Waals surface area contributed by atoms with Gasteiger partial charge in [-0.3, -0.25) is 4.98 Å². The molecule has 6 aromatic rings. The summed E-state index contributed by atoms with van der Waals surface area (Å²) in [7, 11) is 0. The number of benzene rings is 5. The minimum absolute atomic E-state index is 1.18. The Morgan fingerprint density at radius 3 is 1.44 bits per heavy atom. The third-order valence-electron chi connectivity index (χ3n) is 6.16. The van der Waals surface area contributed by atoms with Crippen LogP contribution in [0.3, 0.4) is 0 Å². The van der Waals surface area contributed by atoms with Gasteiger partial charge in [-0.2, -0.15) is 0 Å². The van der Waals surface area contributed by atoms with Crippen LogP contribution < -0.4 is 0 Å². The lowest BCUT2D eigenvalue weighted by molar-refractivity contribution is 1.33. The van der Waals surface area contributed by atoms with E-state index in [-0.39, 0.29) is 0 Å². The van der Waals surface area contributed by atoms with Crippen molar-refractivity contribution in [1.82, 2.24) is 4.98 Å². The molecule has 0 saturated heterocycles. The molecule has 0 N–H and O–H groups in total. The molecule has 5 aromatic carbocycles. The first-order chi connectivity index (χ1) is 15.9. The molecule has 0 saturated carbocycles. The van der Waals surface area contributed by atoms with Gasteiger partial charge < -0.3 is 0 Å². The van der Waals surface area contributed by atoms with Gasteiger partial charge in [0.05, 0.1) is 0 Å². The van der Waals surface area contributed by atoms with Crippen LogP contribution >= 0.6 is 0 Å². The van der Waals surface area contributed by atoms with Crippen LogP contribution in [0.2, 0.25) is 0 Å². The molecule has 0 fully saturated rings. The zero-order valence-electron chi connectivity index (χ0n) is 17.6. The van der Waals surface area contributed by atoms with E-state index in [1.165, 1.54) is 54.9 Å². The summed E-state index contributed by atoms with van der Waals surface area (Å²) in [5.74, 6) is 0. The fraction of sp³-hybridized carbons (Fsp3) is 0. The van der Waals surface area contributed by atoms with Crippen LogP contribution in [0.1, 0.15) is 0 Å². The summed E-state index contributed by atoms with van der Waals surface area (Å²) < 4.78 is 0. The van der Waals surface area contributed by atoms with Gasteiger partial charge in [-0.25, -0.2) is 0 Å². The lowest BCUT2D eigenvalue weighted by Gasteiger charge is -2.18. The molecule has 1 aromatic heterocycles. The minimum Gasteiger partial charge on any atom is -0.265 e. The second-order valence-corrected chi connectivity index (χ2v) is 8.02. The first-order valence-corrected chi connectivity index (χ1v) is 10.9. The molecule has 1 nitrogen and oxygen atoms in total. The van der Waals surface area contributed by atoms with Gasteiger partial charge in [-0.15, -0.1) is 0 Å². The Morgan fingerprint density at radius 2 is 0.844 bits per heavy atom. The summed E-state index contributed by atoms with van der Waals surface area (Å²) in [6.07, 6.45) is 3.71. The van der Waals surface area contributed by atoms with Crippen molar-refractivity contribution in [3.63, 3.8) is 0 Å². The molecule has 0 unspecified atom stereocenters. The van der Waals surface area contributed by atoms with E-state index in [1.807, 2.05) is 12.4 Å². The van der Waals surface area contributed by atoms with Gasteiger partial charge in [0.15, 0.2) is 0 Å². The van der Waals surface area contributed by atoms with E-state index in [9.17, 15) is 0 Å². The van der Waals surface area contributed by atoms with E-state index in [0.717, 1.165) is 0 Å². The van der Waals surface area contributed by atoms with Gasteiger partial charge in [-0.05, 0) is 73.1 Å². The normalized spacial score (nSPS) is 11.1. The van der Waals surface area contributed by atoms with E-state index in [0.29, 0.717) is 0 Å². The van der Waals surface area contributed by atoms with E-state index >= 15 is 0 Å². The molecule has 1 heterocycles. The summed E-state index contributed by atoms with van der Waals surface area (Å²) in [6.45, 7) is 0. The molecule has 0 spiro atoms. The number of nitrogens with zero attached hydrogens (tertiary/aromatic N) is 1. The largest absolute Gasteiger partial charge is 0.265 e. The second kappa shape index (κ2) is 7.79. The monoisotopic (exact) mass is 407 g/mol. The molecule has 0 radical (unpaired) electrons. The molecule has 6 rings (SSSR count). The standard InChI is InChI=1S/C31H21N/c1-3-9-23(10-4-1)30-26-13-7-8-14-27(26)31(24-11-5-2-6-12-24)29-21-25(15-16-28(29)30)22-17-19-32-20-18-22/h1-21H. The van der Waals surface area contributed by atoms with Crippen LogP contribution in [0.15, 0.2) is 128 Å². The highest BCUT2D eigenvalue weighted by Gasteiger charge is 2.17. The number of hydrogen-bond acceptors (Lipinski definition) is 1. The average molecular weight is 408 g/mol. The first-order valence-electron chi connectivity index (χ1n) is 10.9. The third kappa shape index (κ3) is 3.07. The third-order valence-corrected chi connectivity index (χ3v) is 6.16. The smallest absolute Gasteiger partial charge is 0.0273 e. The minimum atomic E-state index is 1.18. The quantitative estimate of drug-likeness (QED) is 0.268. The Kier molecular flexibility index (Phi) is 4.51. The van der Waals surface area contributed by atoms with Crippen molar-refractivity contribution in [1.29, 1.82) is 0 Å². The van der Waals surface area contributed by atoms with Gasteiger partial charge in [0.1, 0.15) is 0 Å². The van der Waals surface area contributed by atoms with Crippen LogP contribution in [-0.2, 0) is 0 Å². The van der Waals surface area contributed by atoms with Crippen molar-refractivity contribution in [3.8, 4) is 33.4 Å². The summed E-state index contributed by atoms with van der Waals surface area (Å²) in [5.41, 5.74) is 7.43. The Labute approximate surface area is 187 Å². The van der Waals surface area contributed by atoms with Crippen molar-refractivity contribution < 1.29 is 0 Å². The summed E-state index contributed by atoms with van der Waals surface area (Å²) >= 11 is 0. The highest BCUT2D eigenvalue weighted by molar-refractivity contribution is 6.21. The highest BCUT2D eigenvalue weighted by Crippen LogP contribution is 2.44. The van der Waals surface area contributed by atoms with Crippen LogP contribution in [-0.4, -0.2) is 4.98 Å². The molecule has 1 heteroatoms. The van der Waals surface area contributed by atoms with E-state index in [2.05, 4.69) is 120 Å². The van der Waals surface area contributed by atoms with Crippen LogP contribution in [0.4, 0.5) is 0 Å². The van der Waals surface area contributed by atoms with E-state index in [1.54, 1.807) is 0 Å². The zero-order valence-corrected chi connectivity index (χ0v) is 17.6. The van der Waals surface area contributed by atoms with Crippen molar-refractivity contribution in [2.45, 2.75) is 0 Å². The second-order valence-electron chi connectivity index (χ2n) is 8.02. The Balaban J connectivity index is 1.80. The van der Waals surface area contributed by atoms with Gasteiger partial charge in [0.25, 0.3) is 0 Å². The lowest BCUT2D eigenvalue weighted by Crippen LogP contribution is -1.91. The fourth-order valence-corrected chi connectivity index (χ4v) is 4.73. The number of fused-ring (bicyclic) bond motifs is 2. The molecule has 0 aliphatic rings. The SMILES string of the molecule is c1ccc(-c2c3ccccc3c(-c3ccccc3)c3cc(-c4ccncc4)ccc23)cc1. The predicted molar refractivity (Wildman–Crippen MR) is 136 cm³/mol. The molecule has 0 amide bonds. The van der Waals surface area contributed by atoms with Crippen LogP contribution in [0.25, 0.3) is 54.9 Å². The Bertz CT molecular complexity index is 1540. The summed E-state index contributed by atoms with van der Waals surface area (Å²) in [4.78, 5) is 4.19. The molecule has 32 heavy (non-hydrogen) atoms. The molecule has 0 aliphatic carbocycles. The highest BCUT2D eigenvalue weighted by atomic mass is 14.6. The van der Waals surface area contributed by atoms with E-state index in [4.69, 9.17) is 0 Å². The fourth-order valence-electron chi connectivity index (χ4n) is 4.73. The number of pyridine rings is 1. The summed E-state index contributed by atoms with van der Waals surface area (Å²) in [5, 5.41) is 5.09. The maximum absolute atomic E-state index is 4.19. The average Bonchev–Trinajstić information content (AvgIpc) is 2.88. The number of hydrogen-bond donors (Lipinski definition) is 0. The molecule has 150 valence electrons. The Morgan fingerprint density at radius 1 is 0.344 bits per heavy atom. The molecule has 0 aliphatic heterocycles. The maximum Gasteiger partial charge on any atom is 0.0273 e.